The molecule has 1 aromatic rings. The average Bonchev–Trinajstić information content (AvgIpc) is 2.38. The van der Waals surface area contributed by atoms with Gasteiger partial charge in [-0.2, -0.15) is 0 Å². The molecular formula is C14H21BrO5S. The van der Waals surface area contributed by atoms with Gasteiger partial charge in [-0.15, -0.1) is 0 Å². The fraction of sp³-hybridized carbons (Fsp3) is 0.571. The van der Waals surface area contributed by atoms with Gasteiger partial charge in [-0.25, -0.2) is 8.42 Å². The van der Waals surface area contributed by atoms with Gasteiger partial charge in [-0.3, -0.25) is 0 Å². The molecule has 0 amide bonds. The Morgan fingerprint density at radius 1 is 1.29 bits per heavy atom. The van der Waals surface area contributed by atoms with Crippen LogP contribution >= 0.6 is 15.9 Å². The Morgan fingerprint density at radius 2 is 1.90 bits per heavy atom. The molecule has 21 heavy (non-hydrogen) atoms. The number of rotatable bonds is 6. The fourth-order valence-electron chi connectivity index (χ4n) is 1.56. The van der Waals surface area contributed by atoms with Crippen molar-refractivity contribution in [2.75, 3.05) is 19.5 Å². The molecule has 0 saturated carbocycles. The third-order valence-corrected chi connectivity index (χ3v) is 6.16. The molecule has 1 rings (SSSR count). The molecule has 0 spiro atoms. The van der Waals surface area contributed by atoms with E-state index in [-0.39, 0.29) is 19.0 Å². The summed E-state index contributed by atoms with van der Waals surface area (Å²) in [6.07, 6.45) is 0. The molecule has 1 aromatic carbocycles. The molecule has 7 heteroatoms. The van der Waals surface area contributed by atoms with Crippen LogP contribution in [-0.4, -0.2) is 37.7 Å². The predicted molar refractivity (Wildman–Crippen MR) is 85.7 cm³/mol. The van der Waals surface area contributed by atoms with Crippen molar-refractivity contribution in [2.24, 2.45) is 0 Å². The van der Waals surface area contributed by atoms with Gasteiger partial charge >= 0.3 is 0 Å². The minimum atomic E-state index is -3.23. The summed E-state index contributed by atoms with van der Waals surface area (Å²) in [7, 11) is -1.75. The first-order valence-corrected chi connectivity index (χ1v) is 8.89. The van der Waals surface area contributed by atoms with Crippen molar-refractivity contribution in [3.8, 4) is 11.5 Å². The van der Waals surface area contributed by atoms with E-state index in [0.717, 1.165) is 0 Å². The largest absolute Gasteiger partial charge is 0.493 e. The molecule has 1 N–H and O–H groups in total. The molecule has 0 fully saturated rings. The highest BCUT2D eigenvalue weighted by Crippen LogP contribution is 2.36. The van der Waals surface area contributed by atoms with Crippen molar-refractivity contribution >= 4 is 25.8 Å². The van der Waals surface area contributed by atoms with Crippen LogP contribution in [0.1, 0.15) is 26.3 Å². The van der Waals surface area contributed by atoms with Crippen LogP contribution in [0.3, 0.4) is 0 Å². The Kier molecular flexibility index (Phi) is 6.07. The highest BCUT2D eigenvalue weighted by molar-refractivity contribution is 9.10. The number of hydrogen-bond acceptors (Lipinski definition) is 5. The van der Waals surface area contributed by atoms with Crippen molar-refractivity contribution in [1.29, 1.82) is 0 Å². The molecule has 0 radical (unpaired) electrons. The minimum Gasteiger partial charge on any atom is -0.493 e. The Hall–Kier alpha value is -0.790. The first kappa shape index (κ1) is 18.3. The van der Waals surface area contributed by atoms with E-state index in [1.54, 1.807) is 32.9 Å². The number of benzene rings is 1. The van der Waals surface area contributed by atoms with Gasteiger partial charge in [-0.05, 0) is 54.4 Å². The summed E-state index contributed by atoms with van der Waals surface area (Å²) in [6.45, 7) is 4.90. The number of aliphatic hydroxyl groups is 1. The second-order valence-electron chi connectivity index (χ2n) is 5.55. The van der Waals surface area contributed by atoms with Crippen LogP contribution in [0.5, 0.6) is 11.5 Å². The Bertz CT molecular complexity index is 590. The third kappa shape index (κ3) is 4.59. The first-order chi connectivity index (χ1) is 9.62. The smallest absolute Gasteiger partial charge is 0.175 e. The molecule has 0 aliphatic rings. The van der Waals surface area contributed by atoms with Crippen LogP contribution in [0.2, 0.25) is 0 Å². The highest BCUT2D eigenvalue weighted by atomic mass is 79.9. The number of aliphatic hydroxyl groups excluding tert-OH is 1. The number of methoxy groups -OCH3 is 1. The summed E-state index contributed by atoms with van der Waals surface area (Å²) in [5, 5.41) is 9.15. The zero-order chi connectivity index (χ0) is 16.3. The molecule has 0 heterocycles. The van der Waals surface area contributed by atoms with E-state index in [2.05, 4.69) is 15.9 Å². The molecule has 0 bridgehead atoms. The maximum absolute atomic E-state index is 12.0. The molecule has 0 aromatic heterocycles. The van der Waals surface area contributed by atoms with Crippen molar-refractivity contribution in [3.63, 3.8) is 0 Å². The van der Waals surface area contributed by atoms with Crippen molar-refractivity contribution in [2.45, 2.75) is 32.1 Å². The zero-order valence-corrected chi connectivity index (χ0v) is 15.0. The van der Waals surface area contributed by atoms with Gasteiger partial charge in [0, 0.05) is 0 Å². The molecule has 0 saturated heterocycles. The predicted octanol–water partition coefficient (Wildman–Crippen LogP) is 2.54. The molecule has 0 unspecified atom stereocenters. The van der Waals surface area contributed by atoms with Crippen LogP contribution < -0.4 is 9.47 Å². The van der Waals surface area contributed by atoms with E-state index < -0.39 is 14.6 Å². The van der Waals surface area contributed by atoms with Gasteiger partial charge in [0.2, 0.25) is 0 Å². The van der Waals surface area contributed by atoms with Crippen LogP contribution in [0.15, 0.2) is 16.6 Å². The lowest BCUT2D eigenvalue weighted by Crippen LogP contribution is -2.32. The van der Waals surface area contributed by atoms with Crippen LogP contribution in [-0.2, 0) is 16.4 Å². The number of ether oxygens (including phenoxy) is 2. The molecule has 5 nitrogen and oxygen atoms in total. The van der Waals surface area contributed by atoms with Crippen molar-refractivity contribution in [3.05, 3.63) is 22.2 Å². The van der Waals surface area contributed by atoms with E-state index in [1.807, 2.05) is 0 Å². The maximum Gasteiger partial charge on any atom is 0.175 e. The van der Waals surface area contributed by atoms with Crippen molar-refractivity contribution < 1.29 is 23.0 Å². The monoisotopic (exact) mass is 380 g/mol. The van der Waals surface area contributed by atoms with Gasteiger partial charge in [0.05, 0.1) is 28.7 Å². The summed E-state index contributed by atoms with van der Waals surface area (Å²) in [4.78, 5) is 0. The number of sulfone groups is 1. The minimum absolute atomic E-state index is 0.0348. The Balaban J connectivity index is 2.86. The summed E-state index contributed by atoms with van der Waals surface area (Å²) in [6, 6.07) is 3.36. The molecule has 120 valence electrons. The SMILES string of the molecule is COc1cc(CO)cc(Br)c1OCCS(=O)(=O)C(C)(C)C. The standard InChI is InChI=1S/C14H21BrO5S/c1-14(2,3)21(17,18)6-5-20-13-11(15)7-10(9-16)8-12(13)19-4/h7-8,16H,5-6,9H2,1-4H3. The van der Waals surface area contributed by atoms with Crippen LogP contribution in [0.4, 0.5) is 0 Å². The van der Waals surface area contributed by atoms with E-state index in [4.69, 9.17) is 14.6 Å². The van der Waals surface area contributed by atoms with Gasteiger partial charge in [0.1, 0.15) is 6.61 Å². The Morgan fingerprint density at radius 3 is 2.38 bits per heavy atom. The van der Waals surface area contributed by atoms with Crippen LogP contribution in [0.25, 0.3) is 0 Å². The average molecular weight is 381 g/mol. The summed E-state index contributed by atoms with van der Waals surface area (Å²) < 4.78 is 34.6. The van der Waals surface area contributed by atoms with Gasteiger partial charge in [0.25, 0.3) is 0 Å². The highest BCUT2D eigenvalue weighted by Gasteiger charge is 2.28. The molecule has 0 aliphatic heterocycles. The van der Waals surface area contributed by atoms with Gasteiger partial charge in [0.15, 0.2) is 21.3 Å². The molecule has 0 atom stereocenters. The topological polar surface area (TPSA) is 72.8 Å². The maximum atomic E-state index is 12.0. The number of hydrogen-bond donors (Lipinski definition) is 1. The summed E-state index contributed by atoms with van der Waals surface area (Å²) in [5.74, 6) is 0.800. The molecular weight excluding hydrogens is 360 g/mol. The third-order valence-electron chi connectivity index (χ3n) is 3.00. The van der Waals surface area contributed by atoms with Crippen LogP contribution in [0, 0.1) is 0 Å². The first-order valence-electron chi connectivity index (χ1n) is 6.44. The lowest BCUT2D eigenvalue weighted by molar-refractivity contribution is 0.278. The van der Waals surface area contributed by atoms with Gasteiger partial charge < -0.3 is 14.6 Å². The number of halogens is 1. The zero-order valence-electron chi connectivity index (χ0n) is 12.6. The second-order valence-corrected chi connectivity index (χ2v) is 9.26. The quantitative estimate of drug-likeness (QED) is 0.820. The second kappa shape index (κ2) is 6.98. The summed E-state index contributed by atoms with van der Waals surface area (Å²) in [5.41, 5.74) is 0.674. The van der Waals surface area contributed by atoms with E-state index in [1.165, 1.54) is 7.11 Å². The van der Waals surface area contributed by atoms with Crippen molar-refractivity contribution in [1.82, 2.24) is 0 Å². The Labute approximate surface area is 134 Å². The van der Waals surface area contributed by atoms with E-state index >= 15 is 0 Å². The lowest BCUT2D eigenvalue weighted by Gasteiger charge is -2.20. The van der Waals surface area contributed by atoms with E-state index in [9.17, 15) is 8.42 Å². The van der Waals surface area contributed by atoms with E-state index in [0.29, 0.717) is 21.5 Å². The lowest BCUT2D eigenvalue weighted by atomic mass is 10.2. The summed E-state index contributed by atoms with van der Waals surface area (Å²) >= 11 is 3.33. The van der Waals surface area contributed by atoms with Gasteiger partial charge in [-0.1, -0.05) is 0 Å². The normalized spacial score (nSPS) is 12.3. The molecule has 0 aliphatic carbocycles. The fourth-order valence-corrected chi connectivity index (χ4v) is 3.08.